The zero-order valence-electron chi connectivity index (χ0n) is 13.7. The topological polar surface area (TPSA) is 17.3 Å². The molecule has 0 aliphatic heterocycles. The van der Waals surface area contributed by atoms with Gasteiger partial charge in [0.15, 0.2) is 0 Å². The number of pyridine rings is 2. The average Bonchev–Trinajstić information content (AvgIpc) is 3.08. The van der Waals surface area contributed by atoms with Crippen molar-refractivity contribution in [2.45, 2.75) is 0 Å². The number of hydrogen-bond acceptors (Lipinski definition) is 2. The number of aromatic nitrogens is 2. The first-order chi connectivity index (χ1) is 12.9. The fourth-order valence-corrected chi connectivity index (χ4v) is 5.54. The molecule has 0 saturated heterocycles. The van der Waals surface area contributed by atoms with E-state index in [9.17, 15) is 0 Å². The summed E-state index contributed by atoms with van der Waals surface area (Å²) >= 11 is 1.85. The second kappa shape index (κ2) is 4.32. The SMILES string of the molecule is c1ccc2cc3c(cc2c1)c1nccc2sc4cccc5cc3n(c54)c21. The summed E-state index contributed by atoms with van der Waals surface area (Å²) in [5.41, 5.74) is 4.92. The molecule has 7 rings (SSSR count). The molecule has 0 aliphatic carbocycles. The predicted octanol–water partition coefficient (Wildman–Crippen LogP) is 6.60. The molecule has 3 aromatic carbocycles. The van der Waals surface area contributed by atoms with Crippen LogP contribution in [0.5, 0.6) is 0 Å². The lowest BCUT2D eigenvalue weighted by molar-refractivity contribution is 1.33. The van der Waals surface area contributed by atoms with Crippen LogP contribution in [0, 0.1) is 0 Å². The van der Waals surface area contributed by atoms with Crippen LogP contribution >= 0.6 is 11.3 Å². The molecule has 0 unspecified atom stereocenters. The first kappa shape index (κ1) is 13.1. The van der Waals surface area contributed by atoms with Gasteiger partial charge in [0.1, 0.15) is 0 Å². The van der Waals surface area contributed by atoms with Crippen LogP contribution in [0.4, 0.5) is 0 Å². The van der Waals surface area contributed by atoms with E-state index in [4.69, 9.17) is 4.98 Å². The summed E-state index contributed by atoms with van der Waals surface area (Å²) in [6.45, 7) is 0. The lowest BCUT2D eigenvalue weighted by Gasteiger charge is -2.13. The summed E-state index contributed by atoms with van der Waals surface area (Å²) in [5.74, 6) is 0. The monoisotopic (exact) mass is 348 g/mol. The Morgan fingerprint density at radius 1 is 0.692 bits per heavy atom. The van der Waals surface area contributed by atoms with E-state index in [1.807, 2.05) is 17.5 Å². The van der Waals surface area contributed by atoms with E-state index in [1.54, 1.807) is 0 Å². The smallest absolute Gasteiger partial charge is 0.0964 e. The molecule has 7 aromatic rings. The summed E-state index contributed by atoms with van der Waals surface area (Å²) in [6, 6.07) is 24.3. The van der Waals surface area contributed by atoms with E-state index in [1.165, 1.54) is 52.9 Å². The van der Waals surface area contributed by atoms with Gasteiger partial charge >= 0.3 is 0 Å². The molecule has 3 heteroatoms. The van der Waals surface area contributed by atoms with Crippen molar-refractivity contribution in [3.05, 3.63) is 72.9 Å². The van der Waals surface area contributed by atoms with E-state index < -0.39 is 0 Å². The van der Waals surface area contributed by atoms with Crippen molar-refractivity contribution in [1.29, 1.82) is 0 Å². The lowest BCUT2D eigenvalue weighted by Crippen LogP contribution is -1.95. The van der Waals surface area contributed by atoms with Gasteiger partial charge in [-0.15, -0.1) is 11.3 Å². The Balaban J connectivity index is 1.94. The van der Waals surface area contributed by atoms with E-state index in [2.05, 4.69) is 71.1 Å². The highest BCUT2D eigenvalue weighted by Gasteiger charge is 2.18. The van der Waals surface area contributed by atoms with Crippen LogP contribution in [0.1, 0.15) is 0 Å². The highest BCUT2D eigenvalue weighted by atomic mass is 32.1. The molecule has 0 N–H and O–H groups in total. The molecule has 0 bridgehead atoms. The second-order valence-corrected chi connectivity index (χ2v) is 8.00. The van der Waals surface area contributed by atoms with Gasteiger partial charge in [-0.1, -0.05) is 36.4 Å². The minimum Gasteiger partial charge on any atom is -0.304 e. The van der Waals surface area contributed by atoms with Crippen LogP contribution in [-0.2, 0) is 0 Å². The number of rotatable bonds is 0. The van der Waals surface area contributed by atoms with Crippen molar-refractivity contribution in [1.82, 2.24) is 9.38 Å². The largest absolute Gasteiger partial charge is 0.304 e. The van der Waals surface area contributed by atoms with Crippen molar-refractivity contribution in [2.75, 3.05) is 0 Å². The fraction of sp³-hybridized carbons (Fsp3) is 0. The van der Waals surface area contributed by atoms with E-state index in [0.717, 1.165) is 5.52 Å². The first-order valence-electron chi connectivity index (χ1n) is 8.74. The Hall–Kier alpha value is -3.17. The highest BCUT2D eigenvalue weighted by molar-refractivity contribution is 7.24. The van der Waals surface area contributed by atoms with Gasteiger partial charge in [-0.2, -0.15) is 0 Å². The maximum Gasteiger partial charge on any atom is 0.0964 e. The minimum atomic E-state index is 1.09. The number of para-hydroxylation sites is 1. The van der Waals surface area contributed by atoms with E-state index >= 15 is 0 Å². The summed E-state index contributed by atoms with van der Waals surface area (Å²) < 4.78 is 5.03. The molecule has 0 saturated carbocycles. The number of fused-ring (bicyclic) bond motifs is 4. The Morgan fingerprint density at radius 3 is 2.35 bits per heavy atom. The molecule has 120 valence electrons. The van der Waals surface area contributed by atoms with Gasteiger partial charge in [0.05, 0.1) is 31.5 Å². The van der Waals surface area contributed by atoms with Crippen molar-refractivity contribution in [3.8, 4) is 0 Å². The van der Waals surface area contributed by atoms with Crippen LogP contribution in [0.25, 0.3) is 58.4 Å². The Kier molecular flexibility index (Phi) is 2.17. The van der Waals surface area contributed by atoms with E-state index in [-0.39, 0.29) is 0 Å². The molecule has 0 radical (unpaired) electrons. The third-order valence-corrected chi connectivity index (χ3v) is 6.63. The molecule has 0 aliphatic rings. The molecular formula is C23H12N2S. The summed E-state index contributed by atoms with van der Waals surface area (Å²) in [7, 11) is 0. The Morgan fingerprint density at radius 2 is 1.46 bits per heavy atom. The van der Waals surface area contributed by atoms with Crippen molar-refractivity contribution in [2.24, 2.45) is 0 Å². The summed E-state index contributed by atoms with van der Waals surface area (Å²) in [6.07, 6.45) is 1.94. The van der Waals surface area contributed by atoms with Crippen LogP contribution in [0.2, 0.25) is 0 Å². The third-order valence-electron chi connectivity index (χ3n) is 5.53. The Labute approximate surface area is 152 Å². The van der Waals surface area contributed by atoms with Crippen LogP contribution < -0.4 is 0 Å². The molecule has 0 fully saturated rings. The number of nitrogens with zero attached hydrogens (tertiary/aromatic N) is 2. The molecule has 4 heterocycles. The summed E-state index contributed by atoms with van der Waals surface area (Å²) in [5, 5.41) is 6.34. The van der Waals surface area contributed by atoms with Crippen LogP contribution in [-0.4, -0.2) is 9.38 Å². The van der Waals surface area contributed by atoms with Crippen molar-refractivity contribution >= 4 is 69.7 Å². The standard InChI is InChI=1S/C23H12N2S/c1-2-5-14-11-17-16(10-13(14)4-1)18-12-15-6-3-7-19-22(15)25(18)23-20(26-19)8-9-24-21(17)23/h1-12H. The zero-order valence-corrected chi connectivity index (χ0v) is 14.5. The first-order valence-corrected chi connectivity index (χ1v) is 9.55. The summed E-state index contributed by atoms with van der Waals surface area (Å²) in [4.78, 5) is 4.81. The predicted molar refractivity (Wildman–Crippen MR) is 112 cm³/mol. The molecular weight excluding hydrogens is 336 g/mol. The minimum absolute atomic E-state index is 1.09. The number of benzene rings is 3. The molecule has 4 aromatic heterocycles. The van der Waals surface area contributed by atoms with Crippen LogP contribution in [0.3, 0.4) is 0 Å². The molecule has 2 nitrogen and oxygen atoms in total. The van der Waals surface area contributed by atoms with Gasteiger partial charge in [-0.3, -0.25) is 4.98 Å². The fourth-order valence-electron chi connectivity index (χ4n) is 4.44. The van der Waals surface area contributed by atoms with Gasteiger partial charge in [-0.25, -0.2) is 0 Å². The highest BCUT2D eigenvalue weighted by Crippen LogP contribution is 2.41. The van der Waals surface area contributed by atoms with E-state index in [0.29, 0.717) is 0 Å². The third kappa shape index (κ3) is 1.42. The molecule has 26 heavy (non-hydrogen) atoms. The quantitative estimate of drug-likeness (QED) is 0.223. The maximum atomic E-state index is 4.81. The van der Waals surface area contributed by atoms with Gasteiger partial charge in [0.2, 0.25) is 0 Å². The second-order valence-electron chi connectivity index (χ2n) is 6.91. The van der Waals surface area contributed by atoms with Crippen molar-refractivity contribution < 1.29 is 0 Å². The van der Waals surface area contributed by atoms with Gasteiger partial charge in [0.25, 0.3) is 0 Å². The van der Waals surface area contributed by atoms with Gasteiger partial charge in [0, 0.05) is 22.4 Å². The van der Waals surface area contributed by atoms with Crippen molar-refractivity contribution in [3.63, 3.8) is 0 Å². The molecule has 0 amide bonds. The molecule has 0 spiro atoms. The normalized spacial score (nSPS) is 12.6. The van der Waals surface area contributed by atoms with Gasteiger partial charge < -0.3 is 4.40 Å². The maximum absolute atomic E-state index is 4.81. The van der Waals surface area contributed by atoms with Crippen LogP contribution in [0.15, 0.2) is 72.9 Å². The van der Waals surface area contributed by atoms with Gasteiger partial charge in [-0.05, 0) is 41.1 Å². The molecule has 0 atom stereocenters. The zero-order chi connectivity index (χ0) is 16.8. The lowest BCUT2D eigenvalue weighted by atomic mass is 10.0. The average molecular weight is 348 g/mol. The Bertz CT molecular complexity index is 1630. The number of hydrogen-bond donors (Lipinski definition) is 0.